The molecule has 0 amide bonds. The number of pyridine rings is 1. The lowest BCUT2D eigenvalue weighted by Gasteiger charge is -2.39. The molecule has 30 heavy (non-hydrogen) atoms. The van der Waals surface area contributed by atoms with Crippen molar-refractivity contribution < 1.29 is 14.2 Å². The minimum atomic E-state index is -3.60. The minimum absolute atomic E-state index is 0.135. The Hall–Kier alpha value is -1.68. The molecule has 164 valence electrons. The molecule has 1 aromatic heterocycles. The fourth-order valence-corrected chi connectivity index (χ4v) is 6.68. The zero-order chi connectivity index (χ0) is 21.9. The van der Waals surface area contributed by atoms with Crippen molar-refractivity contribution >= 4 is 18.4 Å². The summed E-state index contributed by atoms with van der Waals surface area (Å²) in [6.45, 7) is 6.63. The monoisotopic (exact) mass is 430 g/mol. The number of aliphatic hydroxyl groups is 1. The second-order valence-corrected chi connectivity index (χ2v) is 11.5. The lowest BCUT2D eigenvalue weighted by atomic mass is 9.75. The van der Waals surface area contributed by atoms with Gasteiger partial charge >= 0.3 is 0 Å². The Balaban J connectivity index is 2.01. The number of aromatic nitrogens is 1. The van der Waals surface area contributed by atoms with Crippen LogP contribution in [0.5, 0.6) is 0 Å². The quantitative estimate of drug-likeness (QED) is 0.610. The first-order valence-corrected chi connectivity index (χ1v) is 12.6. The van der Waals surface area contributed by atoms with Crippen LogP contribution in [0.4, 0.5) is 5.69 Å². The number of nitrogens with zero attached hydrogens (tertiary/aromatic N) is 2. The van der Waals surface area contributed by atoms with Crippen LogP contribution in [0.2, 0.25) is 0 Å². The Morgan fingerprint density at radius 1 is 1.10 bits per heavy atom. The maximum Gasteiger partial charge on any atom is 0.264 e. The van der Waals surface area contributed by atoms with E-state index in [2.05, 4.69) is 25.8 Å². The first kappa shape index (κ1) is 23.0. The third kappa shape index (κ3) is 4.96. The first-order valence-electron chi connectivity index (χ1n) is 10.9. The fraction of sp³-hybridized carbons (Fsp3) is 0.542. The molecule has 1 aliphatic rings. The Morgan fingerprint density at radius 2 is 1.73 bits per heavy atom. The fourth-order valence-electron chi connectivity index (χ4n) is 4.39. The normalized spacial score (nSPS) is 25.0. The van der Waals surface area contributed by atoms with Crippen LogP contribution in [-0.4, -0.2) is 30.3 Å². The summed E-state index contributed by atoms with van der Waals surface area (Å²) in [5.74, 6) is 0.0636. The molecule has 0 unspecified atom stereocenters. The number of rotatable bonds is 7. The highest BCUT2D eigenvalue weighted by Crippen LogP contribution is 2.60. The average Bonchev–Trinajstić information content (AvgIpc) is 2.73. The van der Waals surface area contributed by atoms with Gasteiger partial charge in [0.1, 0.15) is 0 Å². The molecule has 0 bridgehead atoms. The summed E-state index contributed by atoms with van der Waals surface area (Å²) in [7, 11) is 0.334. The van der Waals surface area contributed by atoms with E-state index in [1.165, 1.54) is 0 Å². The molecule has 5 nitrogen and oxygen atoms in total. The van der Waals surface area contributed by atoms with Gasteiger partial charge < -0.3 is 14.5 Å². The van der Waals surface area contributed by atoms with Gasteiger partial charge in [-0.15, -0.1) is 0 Å². The Bertz CT molecular complexity index is 855. The van der Waals surface area contributed by atoms with E-state index in [4.69, 9.17) is 4.52 Å². The van der Waals surface area contributed by atoms with Gasteiger partial charge in [-0.1, -0.05) is 27.2 Å². The molecule has 1 aromatic carbocycles. The maximum atomic E-state index is 14.4. The van der Waals surface area contributed by atoms with Crippen molar-refractivity contribution in [3.05, 3.63) is 54.4 Å². The Kier molecular flexibility index (Phi) is 7.38. The number of aliphatic hydroxyl groups excluding tert-OH is 1. The smallest absolute Gasteiger partial charge is 0.264 e. The van der Waals surface area contributed by atoms with Crippen molar-refractivity contribution in [2.24, 2.45) is 17.8 Å². The summed E-state index contributed by atoms with van der Waals surface area (Å²) in [6.07, 6.45) is 6.18. The maximum absolute atomic E-state index is 14.4. The molecular formula is C24H35N2O3P. The summed E-state index contributed by atoms with van der Waals surface area (Å²) in [6, 6.07) is 10.9. The second kappa shape index (κ2) is 9.64. The number of anilines is 1. The highest BCUT2D eigenvalue weighted by Gasteiger charge is 2.42. The minimum Gasteiger partial charge on any atom is -0.378 e. The van der Waals surface area contributed by atoms with Crippen LogP contribution < -0.4 is 10.2 Å². The van der Waals surface area contributed by atoms with Crippen molar-refractivity contribution in [1.82, 2.24) is 4.98 Å². The van der Waals surface area contributed by atoms with Crippen molar-refractivity contribution in [1.29, 1.82) is 0 Å². The molecule has 1 heterocycles. The third-order valence-corrected chi connectivity index (χ3v) is 8.85. The zero-order valence-electron chi connectivity index (χ0n) is 18.7. The van der Waals surface area contributed by atoms with E-state index >= 15 is 0 Å². The van der Waals surface area contributed by atoms with Crippen LogP contribution in [-0.2, 0) is 9.09 Å². The molecule has 0 saturated heterocycles. The van der Waals surface area contributed by atoms with Gasteiger partial charge in [-0.25, -0.2) is 0 Å². The predicted octanol–water partition coefficient (Wildman–Crippen LogP) is 5.22. The molecule has 3 rings (SSSR count). The van der Waals surface area contributed by atoms with E-state index in [0.717, 1.165) is 24.9 Å². The van der Waals surface area contributed by atoms with Crippen LogP contribution in [0.25, 0.3) is 0 Å². The molecule has 1 fully saturated rings. The van der Waals surface area contributed by atoms with E-state index in [9.17, 15) is 9.67 Å². The largest absolute Gasteiger partial charge is 0.378 e. The van der Waals surface area contributed by atoms with Gasteiger partial charge in [-0.3, -0.25) is 9.55 Å². The molecule has 5 atom stereocenters. The lowest BCUT2D eigenvalue weighted by Crippen LogP contribution is -2.35. The molecule has 2 aromatic rings. The summed E-state index contributed by atoms with van der Waals surface area (Å²) in [5.41, 5.74) is 1.57. The topological polar surface area (TPSA) is 62.7 Å². The van der Waals surface area contributed by atoms with Crippen LogP contribution >= 0.6 is 7.37 Å². The van der Waals surface area contributed by atoms with Crippen LogP contribution in [0, 0.1) is 17.8 Å². The lowest BCUT2D eigenvalue weighted by molar-refractivity contribution is 0.0427. The highest BCUT2D eigenvalue weighted by molar-refractivity contribution is 7.67. The summed E-state index contributed by atoms with van der Waals surface area (Å²) in [5, 5.41) is 11.8. The molecule has 1 aliphatic carbocycles. The molecule has 1 saturated carbocycles. The van der Waals surface area contributed by atoms with E-state index in [-0.39, 0.29) is 6.10 Å². The van der Waals surface area contributed by atoms with Crippen molar-refractivity contribution in [3.63, 3.8) is 0 Å². The Morgan fingerprint density at radius 3 is 2.30 bits per heavy atom. The predicted molar refractivity (Wildman–Crippen MR) is 123 cm³/mol. The van der Waals surface area contributed by atoms with Crippen LogP contribution in [0.15, 0.2) is 48.8 Å². The standard InChI is InChI=1S/C24H35N2O3P/c1-17(2)22-11-6-18(3)16-23(22)29-30(28,24(27)19-12-14-25-15-13-19)21-9-7-20(8-10-21)26(4)5/h7-10,12-15,17-18,22-24,27H,6,11,16H2,1-5H3/t18-,22+,23+,24-,30-/m0/s1. The number of hydrogen-bond donors (Lipinski definition) is 1. The summed E-state index contributed by atoms with van der Waals surface area (Å²) < 4.78 is 20.9. The third-order valence-electron chi connectivity index (χ3n) is 6.31. The average molecular weight is 431 g/mol. The van der Waals surface area contributed by atoms with E-state index < -0.39 is 13.2 Å². The Labute approximate surface area is 180 Å². The van der Waals surface area contributed by atoms with Crippen LogP contribution in [0.3, 0.4) is 0 Å². The zero-order valence-corrected chi connectivity index (χ0v) is 19.6. The molecule has 0 aliphatic heterocycles. The second-order valence-electron chi connectivity index (χ2n) is 9.13. The van der Waals surface area contributed by atoms with Crippen molar-refractivity contribution in [2.45, 2.75) is 52.0 Å². The molecular weight excluding hydrogens is 395 g/mol. The number of hydrogen-bond acceptors (Lipinski definition) is 5. The van der Waals surface area contributed by atoms with Gasteiger partial charge in [0.25, 0.3) is 7.37 Å². The van der Waals surface area contributed by atoms with Crippen LogP contribution in [0.1, 0.15) is 51.4 Å². The summed E-state index contributed by atoms with van der Waals surface area (Å²) >= 11 is 0. The van der Waals surface area contributed by atoms with Gasteiger partial charge in [0.2, 0.25) is 0 Å². The highest BCUT2D eigenvalue weighted by atomic mass is 31.2. The number of benzene rings is 1. The van der Waals surface area contributed by atoms with Crippen molar-refractivity contribution in [3.8, 4) is 0 Å². The first-order chi connectivity index (χ1) is 14.2. The molecule has 0 spiro atoms. The van der Waals surface area contributed by atoms with Gasteiger partial charge in [0.15, 0.2) is 5.85 Å². The van der Waals surface area contributed by atoms with Gasteiger partial charge in [0.05, 0.1) is 6.10 Å². The summed E-state index contributed by atoms with van der Waals surface area (Å²) in [4.78, 5) is 6.02. The van der Waals surface area contributed by atoms with Gasteiger partial charge in [-0.05, 0) is 72.6 Å². The molecule has 0 radical (unpaired) electrons. The van der Waals surface area contributed by atoms with Gasteiger partial charge in [0, 0.05) is 37.5 Å². The van der Waals surface area contributed by atoms with E-state index in [1.807, 2.05) is 43.3 Å². The van der Waals surface area contributed by atoms with E-state index in [0.29, 0.717) is 28.6 Å². The molecule has 6 heteroatoms. The molecule has 1 N–H and O–H groups in total. The van der Waals surface area contributed by atoms with Crippen molar-refractivity contribution in [2.75, 3.05) is 19.0 Å². The van der Waals surface area contributed by atoms with Gasteiger partial charge in [-0.2, -0.15) is 0 Å². The SMILES string of the molecule is CC(C)[C@H]1CC[C@H](C)C[C@H]1O[P@@](=O)(c1ccc(N(C)C)cc1)[C@H](O)c1ccncc1. The van der Waals surface area contributed by atoms with E-state index in [1.54, 1.807) is 24.5 Å².